The molecule has 58 heavy (non-hydrogen) atoms. The standard InChI is InChI=1S/C52H48N4OS/c1-32-26-35(52(6,7)8)27-33(2)49(32)55-31-54(42-17-10-11-18-43(42)55)36-14-13-15-37(29-36)57-38-20-21-41-45(30-38)56(47-28-34(24-25-53-47)51(3,4)5)44-23-22-40-39-16-9-12-19-46(39)58-50(40)48(41)44/h9-30H,31H2,1-8H3. The van der Waals surface area contributed by atoms with Crippen molar-refractivity contribution in [3.8, 4) is 17.3 Å². The molecule has 5 nitrogen and oxygen atoms in total. The first-order valence-corrected chi connectivity index (χ1v) is 21.0. The van der Waals surface area contributed by atoms with Crippen molar-refractivity contribution in [3.05, 3.63) is 156 Å². The van der Waals surface area contributed by atoms with Crippen molar-refractivity contribution in [2.24, 2.45) is 0 Å². The van der Waals surface area contributed by atoms with Gasteiger partial charge in [-0.1, -0.05) is 96.1 Å². The van der Waals surface area contributed by atoms with Crippen LogP contribution in [0.25, 0.3) is 47.8 Å². The van der Waals surface area contributed by atoms with Crippen molar-refractivity contribution in [2.45, 2.75) is 66.2 Å². The first-order valence-electron chi connectivity index (χ1n) is 20.2. The number of aromatic nitrogens is 2. The molecule has 0 radical (unpaired) electrons. The minimum Gasteiger partial charge on any atom is -0.457 e. The number of thiophene rings is 1. The summed E-state index contributed by atoms with van der Waals surface area (Å²) >= 11 is 1.87. The summed E-state index contributed by atoms with van der Waals surface area (Å²) in [6, 6.07) is 46.1. The monoisotopic (exact) mass is 776 g/mol. The Morgan fingerprint density at radius 2 is 1.28 bits per heavy atom. The number of para-hydroxylation sites is 2. The van der Waals surface area contributed by atoms with Crippen LogP contribution in [-0.4, -0.2) is 16.2 Å². The largest absolute Gasteiger partial charge is 0.457 e. The molecule has 6 heteroatoms. The molecule has 10 rings (SSSR count). The molecule has 288 valence electrons. The second kappa shape index (κ2) is 13.2. The van der Waals surface area contributed by atoms with Crippen LogP contribution in [0.5, 0.6) is 11.5 Å². The Balaban J connectivity index is 1.06. The third-order valence-corrected chi connectivity index (χ3v) is 13.0. The maximum absolute atomic E-state index is 6.80. The van der Waals surface area contributed by atoms with Crippen LogP contribution in [0.1, 0.15) is 63.8 Å². The molecule has 0 saturated carbocycles. The summed E-state index contributed by atoms with van der Waals surface area (Å²) in [6.45, 7) is 18.8. The lowest BCUT2D eigenvalue weighted by atomic mass is 9.84. The van der Waals surface area contributed by atoms with Crippen LogP contribution < -0.4 is 14.5 Å². The molecule has 0 spiro atoms. The summed E-state index contributed by atoms with van der Waals surface area (Å²) in [5.41, 5.74) is 12.2. The maximum atomic E-state index is 6.80. The lowest BCUT2D eigenvalue weighted by Crippen LogP contribution is -2.25. The van der Waals surface area contributed by atoms with Crippen molar-refractivity contribution >= 4 is 76.1 Å². The Morgan fingerprint density at radius 3 is 2.03 bits per heavy atom. The van der Waals surface area contributed by atoms with Crippen LogP contribution in [0.15, 0.2) is 134 Å². The number of rotatable bonds is 5. The third kappa shape index (κ3) is 5.92. The zero-order valence-corrected chi connectivity index (χ0v) is 35.3. The van der Waals surface area contributed by atoms with Crippen molar-refractivity contribution < 1.29 is 4.74 Å². The minimum absolute atomic E-state index is 0.0179. The highest BCUT2D eigenvalue weighted by atomic mass is 32.1. The highest BCUT2D eigenvalue weighted by Gasteiger charge is 2.30. The fraction of sp³-hybridized carbons (Fsp3) is 0.212. The van der Waals surface area contributed by atoms with E-state index in [0.29, 0.717) is 6.67 Å². The van der Waals surface area contributed by atoms with Gasteiger partial charge in [0.25, 0.3) is 0 Å². The van der Waals surface area contributed by atoms with E-state index in [9.17, 15) is 0 Å². The summed E-state index contributed by atoms with van der Waals surface area (Å²) in [5.74, 6) is 2.47. The number of nitrogens with zero attached hydrogens (tertiary/aromatic N) is 4. The number of hydrogen-bond acceptors (Lipinski definition) is 5. The van der Waals surface area contributed by atoms with Gasteiger partial charge in [0, 0.05) is 60.6 Å². The maximum Gasteiger partial charge on any atom is 0.137 e. The van der Waals surface area contributed by atoms with Gasteiger partial charge in [0.1, 0.15) is 24.0 Å². The zero-order chi connectivity index (χ0) is 40.1. The lowest BCUT2D eigenvalue weighted by molar-refractivity contribution is 0.483. The normalized spacial score (nSPS) is 13.4. The topological polar surface area (TPSA) is 33.5 Å². The van der Waals surface area contributed by atoms with Gasteiger partial charge in [-0.25, -0.2) is 4.98 Å². The van der Waals surface area contributed by atoms with Gasteiger partial charge in [-0.05, 0) is 108 Å². The molecule has 0 aliphatic carbocycles. The number of fused-ring (bicyclic) bond motifs is 8. The molecule has 4 heterocycles. The van der Waals surface area contributed by atoms with Gasteiger partial charge in [-0.2, -0.15) is 0 Å². The summed E-state index contributed by atoms with van der Waals surface area (Å²) in [5, 5.41) is 5.02. The minimum atomic E-state index is -0.0179. The molecule has 0 atom stereocenters. The fourth-order valence-electron chi connectivity index (χ4n) is 8.87. The number of pyridine rings is 1. The van der Waals surface area contributed by atoms with Crippen molar-refractivity contribution in [2.75, 3.05) is 16.5 Å². The molecule has 0 N–H and O–H groups in total. The van der Waals surface area contributed by atoms with Gasteiger partial charge in [0.15, 0.2) is 0 Å². The average Bonchev–Trinajstić information content (AvgIpc) is 3.87. The van der Waals surface area contributed by atoms with E-state index >= 15 is 0 Å². The molecule has 3 aromatic heterocycles. The highest BCUT2D eigenvalue weighted by Crippen LogP contribution is 2.48. The lowest BCUT2D eigenvalue weighted by Gasteiger charge is -2.28. The quantitative estimate of drug-likeness (QED) is 0.174. The van der Waals surface area contributed by atoms with E-state index in [1.54, 1.807) is 0 Å². The van der Waals surface area contributed by atoms with Crippen molar-refractivity contribution in [1.82, 2.24) is 9.55 Å². The van der Waals surface area contributed by atoms with Crippen molar-refractivity contribution in [1.29, 1.82) is 0 Å². The molecular formula is C52H48N4OS. The Morgan fingerprint density at radius 1 is 0.586 bits per heavy atom. The molecule has 6 aromatic carbocycles. The SMILES string of the molecule is Cc1cc(C(C)(C)C)cc(C)c1N1CN(c2cccc(Oc3ccc4c5c6sc7ccccc7c6ccc5n(-c5cc(C(C)(C)C)ccn5)c4c3)c2)c2ccccc21. The van der Waals surface area contributed by atoms with Crippen LogP contribution in [0.3, 0.4) is 0 Å². The summed E-state index contributed by atoms with van der Waals surface area (Å²) in [7, 11) is 0. The number of aryl methyl sites for hydroxylation is 2. The fourth-order valence-corrected chi connectivity index (χ4v) is 10.1. The molecule has 0 saturated heterocycles. The highest BCUT2D eigenvalue weighted by molar-refractivity contribution is 7.26. The Kier molecular flexibility index (Phi) is 8.26. The second-order valence-corrected chi connectivity index (χ2v) is 18.9. The molecule has 1 aliphatic rings. The predicted molar refractivity (Wildman–Crippen MR) is 247 cm³/mol. The molecule has 0 fully saturated rings. The van der Waals surface area contributed by atoms with Crippen LogP contribution >= 0.6 is 11.3 Å². The number of benzene rings is 6. The summed E-state index contributed by atoms with van der Waals surface area (Å²) in [4.78, 5) is 9.83. The van der Waals surface area contributed by atoms with E-state index in [1.807, 2.05) is 17.5 Å². The van der Waals surface area contributed by atoms with Crippen LogP contribution in [-0.2, 0) is 10.8 Å². The Bertz CT molecular complexity index is 3060. The van der Waals surface area contributed by atoms with Gasteiger partial charge in [-0.15, -0.1) is 11.3 Å². The summed E-state index contributed by atoms with van der Waals surface area (Å²) < 4.78 is 11.7. The first-order chi connectivity index (χ1) is 27.8. The van der Waals surface area contributed by atoms with E-state index in [-0.39, 0.29) is 10.8 Å². The molecule has 0 unspecified atom stereocenters. The van der Waals surface area contributed by atoms with E-state index in [4.69, 9.17) is 9.72 Å². The number of anilines is 4. The van der Waals surface area contributed by atoms with E-state index in [0.717, 1.165) is 34.0 Å². The van der Waals surface area contributed by atoms with E-state index in [1.165, 1.54) is 70.3 Å². The number of ether oxygens (including phenoxy) is 1. The van der Waals surface area contributed by atoms with E-state index in [2.05, 4.69) is 197 Å². The summed E-state index contributed by atoms with van der Waals surface area (Å²) in [6.07, 6.45) is 1.94. The van der Waals surface area contributed by atoms with Gasteiger partial charge in [0.2, 0.25) is 0 Å². The molecule has 9 aromatic rings. The van der Waals surface area contributed by atoms with Crippen LogP contribution in [0.4, 0.5) is 22.7 Å². The van der Waals surface area contributed by atoms with Crippen LogP contribution in [0.2, 0.25) is 0 Å². The Hall–Kier alpha value is -6.11. The van der Waals surface area contributed by atoms with E-state index < -0.39 is 0 Å². The number of hydrogen-bond donors (Lipinski definition) is 0. The van der Waals surface area contributed by atoms with Crippen LogP contribution in [0, 0.1) is 13.8 Å². The molecule has 0 bridgehead atoms. The molecule has 0 amide bonds. The van der Waals surface area contributed by atoms with Gasteiger partial charge >= 0.3 is 0 Å². The van der Waals surface area contributed by atoms with Gasteiger partial charge in [-0.3, -0.25) is 4.57 Å². The average molecular weight is 777 g/mol. The molecular weight excluding hydrogens is 729 g/mol. The first kappa shape index (κ1) is 36.2. The predicted octanol–water partition coefficient (Wildman–Crippen LogP) is 14.8. The smallest absolute Gasteiger partial charge is 0.137 e. The second-order valence-electron chi connectivity index (χ2n) is 17.9. The van der Waals surface area contributed by atoms with Gasteiger partial charge in [0.05, 0.1) is 22.4 Å². The van der Waals surface area contributed by atoms with Crippen molar-refractivity contribution in [3.63, 3.8) is 0 Å². The van der Waals surface area contributed by atoms with Gasteiger partial charge < -0.3 is 14.5 Å². The zero-order valence-electron chi connectivity index (χ0n) is 34.5. The Labute approximate surface area is 344 Å². The molecule has 1 aliphatic heterocycles. The third-order valence-electron chi connectivity index (χ3n) is 11.8.